The summed E-state index contributed by atoms with van der Waals surface area (Å²) in [7, 11) is 0. The van der Waals surface area contributed by atoms with Gasteiger partial charge in [0.2, 0.25) is 0 Å². The van der Waals surface area contributed by atoms with Crippen LogP contribution in [0, 0.1) is 0 Å². The molecule has 0 N–H and O–H groups in total. The third-order valence-electron chi connectivity index (χ3n) is 2.21. The Bertz CT molecular complexity index is 425. The number of halogens is 2. The van der Waals surface area contributed by atoms with Gasteiger partial charge in [0, 0.05) is 4.47 Å². The van der Waals surface area contributed by atoms with Crippen LogP contribution < -0.4 is 0 Å². The van der Waals surface area contributed by atoms with Gasteiger partial charge in [-0.05, 0) is 46.5 Å². The van der Waals surface area contributed by atoms with Crippen molar-refractivity contribution in [2.24, 2.45) is 0 Å². The quantitative estimate of drug-likeness (QED) is 0.697. The third kappa shape index (κ3) is 3.07. The highest BCUT2D eigenvalue weighted by Crippen LogP contribution is 2.27. The lowest BCUT2D eigenvalue weighted by atomic mass is 10.1. The van der Waals surface area contributed by atoms with E-state index in [0.717, 1.165) is 10.9 Å². The zero-order valence-corrected chi connectivity index (χ0v) is 11.1. The molecule has 0 saturated heterocycles. The van der Waals surface area contributed by atoms with Gasteiger partial charge in [0.25, 0.3) is 0 Å². The van der Waals surface area contributed by atoms with Crippen LogP contribution in [0.1, 0.15) is 16.5 Å². The predicted molar refractivity (Wildman–Crippen MR) is 70.8 cm³/mol. The molecule has 1 heterocycles. The summed E-state index contributed by atoms with van der Waals surface area (Å²) in [6.07, 6.45) is 0.873. The van der Waals surface area contributed by atoms with Gasteiger partial charge >= 0.3 is 0 Å². The average Bonchev–Trinajstić information content (AvgIpc) is 2.70. The summed E-state index contributed by atoms with van der Waals surface area (Å²) in [5, 5.41) is 4.24. The van der Waals surface area contributed by atoms with Crippen LogP contribution in [0.5, 0.6) is 0 Å². The van der Waals surface area contributed by atoms with Crippen LogP contribution in [0.2, 0.25) is 0 Å². The number of rotatable bonds is 3. The van der Waals surface area contributed by atoms with Crippen molar-refractivity contribution in [3.63, 3.8) is 0 Å². The largest absolute Gasteiger partial charge is 0.152 e. The normalized spacial score (nSPS) is 12.7. The van der Waals surface area contributed by atoms with Gasteiger partial charge < -0.3 is 0 Å². The lowest BCUT2D eigenvalue weighted by molar-refractivity contribution is 0.924. The standard InChI is InChI=1S/C12H10BrClS/c13-11-3-1-2-9(6-11)7-12(14)10-4-5-15-8-10/h1-6,8,12H,7H2. The van der Waals surface area contributed by atoms with Crippen LogP contribution in [0.25, 0.3) is 0 Å². The van der Waals surface area contributed by atoms with E-state index in [0.29, 0.717) is 0 Å². The van der Waals surface area contributed by atoms with Crippen LogP contribution in [0.3, 0.4) is 0 Å². The summed E-state index contributed by atoms with van der Waals surface area (Å²) in [6, 6.07) is 10.4. The minimum Gasteiger partial charge on any atom is -0.152 e. The van der Waals surface area contributed by atoms with E-state index in [1.807, 2.05) is 12.1 Å². The Morgan fingerprint density at radius 3 is 2.87 bits per heavy atom. The van der Waals surface area contributed by atoms with E-state index in [1.165, 1.54) is 11.1 Å². The van der Waals surface area contributed by atoms with Gasteiger partial charge in [-0.1, -0.05) is 28.1 Å². The van der Waals surface area contributed by atoms with Crippen molar-refractivity contribution >= 4 is 38.9 Å². The second-order valence-electron chi connectivity index (χ2n) is 3.36. The maximum atomic E-state index is 6.33. The minimum absolute atomic E-state index is 0.0746. The van der Waals surface area contributed by atoms with E-state index in [1.54, 1.807) is 11.3 Å². The van der Waals surface area contributed by atoms with Crippen LogP contribution in [-0.2, 0) is 6.42 Å². The van der Waals surface area contributed by atoms with Crippen LogP contribution in [0.4, 0.5) is 0 Å². The molecule has 1 unspecified atom stereocenters. The minimum atomic E-state index is 0.0746. The summed E-state index contributed by atoms with van der Waals surface area (Å²) in [6.45, 7) is 0. The monoisotopic (exact) mass is 300 g/mol. The Balaban J connectivity index is 2.09. The van der Waals surface area contributed by atoms with Crippen molar-refractivity contribution in [3.05, 3.63) is 56.7 Å². The Morgan fingerprint density at radius 1 is 1.33 bits per heavy atom. The number of benzene rings is 1. The van der Waals surface area contributed by atoms with E-state index >= 15 is 0 Å². The molecule has 3 heteroatoms. The number of hydrogen-bond donors (Lipinski definition) is 0. The molecule has 0 aliphatic carbocycles. The first kappa shape index (κ1) is 11.2. The predicted octanol–water partition coefficient (Wildman–Crippen LogP) is 5.03. The Morgan fingerprint density at radius 2 is 2.20 bits per heavy atom. The highest BCUT2D eigenvalue weighted by molar-refractivity contribution is 9.10. The zero-order valence-electron chi connectivity index (χ0n) is 7.99. The fourth-order valence-corrected chi connectivity index (χ4v) is 2.99. The van der Waals surface area contributed by atoms with Crippen LogP contribution in [0.15, 0.2) is 45.6 Å². The first-order chi connectivity index (χ1) is 7.25. The molecule has 0 fully saturated rings. The lowest BCUT2D eigenvalue weighted by Crippen LogP contribution is -1.93. The summed E-state index contributed by atoms with van der Waals surface area (Å²) < 4.78 is 1.11. The van der Waals surface area contributed by atoms with Crippen molar-refractivity contribution in [2.45, 2.75) is 11.8 Å². The van der Waals surface area contributed by atoms with E-state index in [2.05, 4.69) is 44.9 Å². The lowest BCUT2D eigenvalue weighted by Gasteiger charge is -2.07. The molecule has 0 aliphatic rings. The van der Waals surface area contributed by atoms with Gasteiger partial charge in [-0.15, -0.1) is 11.6 Å². The molecule has 0 radical (unpaired) electrons. The van der Waals surface area contributed by atoms with Crippen molar-refractivity contribution in [3.8, 4) is 0 Å². The summed E-state index contributed by atoms with van der Waals surface area (Å²) >= 11 is 11.5. The van der Waals surface area contributed by atoms with Gasteiger partial charge in [0.15, 0.2) is 0 Å². The van der Waals surface area contributed by atoms with Crippen LogP contribution >= 0.6 is 38.9 Å². The summed E-state index contributed by atoms with van der Waals surface area (Å²) in [4.78, 5) is 0. The molecule has 1 aromatic heterocycles. The summed E-state index contributed by atoms with van der Waals surface area (Å²) in [5.41, 5.74) is 2.47. The van der Waals surface area contributed by atoms with Gasteiger partial charge in [-0.2, -0.15) is 11.3 Å². The molecule has 15 heavy (non-hydrogen) atoms. The maximum absolute atomic E-state index is 6.33. The fourth-order valence-electron chi connectivity index (χ4n) is 1.44. The van der Waals surface area contributed by atoms with Crippen molar-refractivity contribution in [2.75, 3.05) is 0 Å². The van der Waals surface area contributed by atoms with E-state index in [4.69, 9.17) is 11.6 Å². The first-order valence-electron chi connectivity index (χ1n) is 4.66. The zero-order chi connectivity index (χ0) is 10.7. The second-order valence-corrected chi connectivity index (χ2v) is 5.58. The molecule has 2 aromatic rings. The van der Waals surface area contributed by atoms with Gasteiger partial charge in [-0.25, -0.2) is 0 Å². The van der Waals surface area contributed by atoms with E-state index in [9.17, 15) is 0 Å². The number of hydrogen-bond acceptors (Lipinski definition) is 1. The first-order valence-corrected chi connectivity index (χ1v) is 6.83. The molecule has 0 aliphatic heterocycles. The molecule has 78 valence electrons. The molecule has 0 amide bonds. The molecule has 0 nitrogen and oxygen atoms in total. The van der Waals surface area contributed by atoms with Crippen molar-refractivity contribution in [1.82, 2.24) is 0 Å². The van der Waals surface area contributed by atoms with Gasteiger partial charge in [-0.3, -0.25) is 0 Å². The fraction of sp³-hybridized carbons (Fsp3) is 0.167. The molecule has 1 atom stereocenters. The van der Waals surface area contributed by atoms with Crippen molar-refractivity contribution in [1.29, 1.82) is 0 Å². The van der Waals surface area contributed by atoms with Gasteiger partial charge in [0.05, 0.1) is 5.38 Å². The Kier molecular flexibility index (Phi) is 3.84. The van der Waals surface area contributed by atoms with E-state index < -0.39 is 0 Å². The Hall–Kier alpha value is -0.310. The summed E-state index contributed by atoms with van der Waals surface area (Å²) in [5.74, 6) is 0. The molecule has 1 aromatic carbocycles. The maximum Gasteiger partial charge on any atom is 0.0633 e. The smallest absolute Gasteiger partial charge is 0.0633 e. The van der Waals surface area contributed by atoms with Crippen LogP contribution in [-0.4, -0.2) is 0 Å². The van der Waals surface area contributed by atoms with E-state index in [-0.39, 0.29) is 5.38 Å². The highest BCUT2D eigenvalue weighted by atomic mass is 79.9. The molecular weight excluding hydrogens is 292 g/mol. The number of thiophene rings is 1. The Labute approximate surface area is 107 Å². The van der Waals surface area contributed by atoms with Gasteiger partial charge in [0.1, 0.15) is 0 Å². The molecule has 0 spiro atoms. The SMILES string of the molecule is ClC(Cc1cccc(Br)c1)c1ccsc1. The molecular formula is C12H10BrClS. The molecule has 0 bridgehead atoms. The molecule has 0 saturated carbocycles. The number of alkyl halides is 1. The second kappa shape index (κ2) is 5.15. The highest BCUT2D eigenvalue weighted by Gasteiger charge is 2.09. The van der Waals surface area contributed by atoms with Crippen molar-refractivity contribution < 1.29 is 0 Å². The molecule has 2 rings (SSSR count). The topological polar surface area (TPSA) is 0 Å². The average molecular weight is 302 g/mol. The third-order valence-corrected chi connectivity index (χ3v) is 3.81.